The molecule has 3 N–H and O–H groups in total. The summed E-state index contributed by atoms with van der Waals surface area (Å²) >= 11 is 0. The number of benzene rings is 3. The Morgan fingerprint density at radius 2 is 1.47 bits per heavy atom. The molecule has 1 aromatic heterocycles. The summed E-state index contributed by atoms with van der Waals surface area (Å²) in [5.41, 5.74) is 7.38. The minimum absolute atomic E-state index is 0.0861. The highest BCUT2D eigenvalue weighted by molar-refractivity contribution is 6.15. The van der Waals surface area contributed by atoms with Crippen LogP contribution in [-0.2, 0) is 13.2 Å². The number of ether oxygens (including phenoxy) is 3. The van der Waals surface area contributed by atoms with Gasteiger partial charge in [0.15, 0.2) is 0 Å². The predicted octanol–water partition coefficient (Wildman–Crippen LogP) is 3.43. The van der Waals surface area contributed by atoms with Crippen LogP contribution in [0.5, 0.6) is 17.2 Å². The van der Waals surface area contributed by atoms with Crippen LogP contribution in [0.2, 0.25) is 0 Å². The van der Waals surface area contributed by atoms with Gasteiger partial charge in [0.2, 0.25) is 11.5 Å². The van der Waals surface area contributed by atoms with E-state index in [0.29, 0.717) is 11.5 Å². The number of aromatic nitrogens is 3. The molecule has 0 spiro atoms. The molecule has 0 radical (unpaired) electrons. The fraction of sp³-hybridized carbons (Fsp3) is 0.154. The number of nitrogen functional groups attached to an aromatic ring is 1. The summed E-state index contributed by atoms with van der Waals surface area (Å²) in [6.07, 6.45) is 0. The third-order valence-electron chi connectivity index (χ3n) is 5.48. The van der Waals surface area contributed by atoms with E-state index < -0.39 is 17.4 Å². The molecule has 0 bridgehead atoms. The van der Waals surface area contributed by atoms with Gasteiger partial charge < -0.3 is 25.1 Å². The molecule has 4 rings (SSSR count). The van der Waals surface area contributed by atoms with E-state index in [1.165, 1.54) is 16.8 Å². The van der Waals surface area contributed by atoms with Crippen molar-refractivity contribution in [1.29, 1.82) is 0 Å². The monoisotopic (exact) mass is 488 g/mol. The first-order valence-electron chi connectivity index (χ1n) is 10.9. The number of anilines is 1. The van der Waals surface area contributed by atoms with Crippen LogP contribution >= 0.6 is 0 Å². The maximum Gasteiger partial charge on any atom is 0.358 e. The Bertz CT molecular complexity index is 1380. The molecule has 36 heavy (non-hydrogen) atoms. The van der Waals surface area contributed by atoms with Crippen LogP contribution in [0.15, 0.2) is 66.7 Å². The summed E-state index contributed by atoms with van der Waals surface area (Å²) in [5, 5.41) is 17.3. The van der Waals surface area contributed by atoms with Gasteiger partial charge in [0.25, 0.3) is 0 Å². The Balaban J connectivity index is 1.61. The molecule has 184 valence electrons. The van der Waals surface area contributed by atoms with E-state index in [4.69, 9.17) is 19.9 Å². The second-order valence-corrected chi connectivity index (χ2v) is 7.81. The van der Waals surface area contributed by atoms with E-state index in [2.05, 4.69) is 10.3 Å². The van der Waals surface area contributed by atoms with E-state index >= 15 is 0 Å². The standard InChI is InChI=1S/C26H24N4O6/c1-34-18-7-3-16(4-8-18)14-30-24(23(26(32)33)28-29-30)25(31)21-13-20(11-12-22(21)27)36-15-17-5-9-19(35-2)10-6-17/h3-13H,14-15,27H2,1-2H3,(H,32,33). The number of hydrogen-bond donors (Lipinski definition) is 2. The topological polar surface area (TPSA) is 139 Å². The van der Waals surface area contributed by atoms with Gasteiger partial charge in [-0.1, -0.05) is 29.5 Å². The van der Waals surface area contributed by atoms with Crippen molar-refractivity contribution in [3.63, 3.8) is 0 Å². The number of ketones is 1. The molecule has 0 amide bonds. The zero-order valence-electron chi connectivity index (χ0n) is 19.7. The third-order valence-corrected chi connectivity index (χ3v) is 5.48. The second-order valence-electron chi connectivity index (χ2n) is 7.81. The van der Waals surface area contributed by atoms with Gasteiger partial charge >= 0.3 is 5.97 Å². The number of carboxylic acids is 1. The summed E-state index contributed by atoms with van der Waals surface area (Å²) in [4.78, 5) is 25.3. The van der Waals surface area contributed by atoms with Gasteiger partial charge in [-0.3, -0.25) is 4.79 Å². The lowest BCUT2D eigenvalue weighted by Crippen LogP contribution is -2.17. The predicted molar refractivity (Wildman–Crippen MR) is 131 cm³/mol. The molecule has 3 aromatic carbocycles. The second kappa shape index (κ2) is 10.6. The van der Waals surface area contributed by atoms with Crippen molar-refractivity contribution in [2.24, 2.45) is 0 Å². The molecule has 0 aliphatic carbocycles. The molecular formula is C26H24N4O6. The van der Waals surface area contributed by atoms with Crippen LogP contribution in [0.25, 0.3) is 0 Å². The van der Waals surface area contributed by atoms with E-state index in [1.54, 1.807) is 44.6 Å². The number of carboxylic acid groups (broad SMARTS) is 1. The number of nitrogens with two attached hydrogens (primary N) is 1. The van der Waals surface area contributed by atoms with Gasteiger partial charge in [-0.05, 0) is 53.6 Å². The fourth-order valence-electron chi connectivity index (χ4n) is 3.53. The molecule has 4 aromatic rings. The minimum atomic E-state index is -1.37. The highest BCUT2D eigenvalue weighted by Gasteiger charge is 2.27. The van der Waals surface area contributed by atoms with Crippen molar-refractivity contribution in [3.05, 3.63) is 94.8 Å². The lowest BCUT2D eigenvalue weighted by Gasteiger charge is -2.12. The van der Waals surface area contributed by atoms with Crippen molar-refractivity contribution in [2.75, 3.05) is 20.0 Å². The first-order chi connectivity index (χ1) is 17.4. The molecule has 0 atom stereocenters. The molecule has 0 unspecified atom stereocenters. The highest BCUT2D eigenvalue weighted by atomic mass is 16.5. The van der Waals surface area contributed by atoms with E-state index in [0.717, 1.165) is 16.9 Å². The lowest BCUT2D eigenvalue weighted by molar-refractivity contribution is 0.0686. The average molecular weight is 489 g/mol. The normalized spacial score (nSPS) is 10.6. The van der Waals surface area contributed by atoms with Crippen LogP contribution in [-0.4, -0.2) is 46.1 Å². The number of aromatic carboxylic acids is 1. The van der Waals surface area contributed by atoms with Crippen LogP contribution in [0, 0.1) is 0 Å². The van der Waals surface area contributed by atoms with Crippen LogP contribution in [0.4, 0.5) is 5.69 Å². The fourth-order valence-corrected chi connectivity index (χ4v) is 3.53. The molecular weight excluding hydrogens is 464 g/mol. The summed E-state index contributed by atoms with van der Waals surface area (Å²) < 4.78 is 17.4. The maximum absolute atomic E-state index is 13.5. The molecule has 0 aliphatic rings. The van der Waals surface area contributed by atoms with Gasteiger partial charge in [0.1, 0.15) is 29.5 Å². The van der Waals surface area contributed by atoms with Gasteiger partial charge in [-0.25, -0.2) is 9.48 Å². The first kappa shape index (κ1) is 24.3. The minimum Gasteiger partial charge on any atom is -0.497 e. The van der Waals surface area contributed by atoms with Crippen LogP contribution in [0.1, 0.15) is 37.7 Å². The summed E-state index contributed by atoms with van der Waals surface area (Å²) in [7, 11) is 3.15. The van der Waals surface area contributed by atoms with Gasteiger partial charge in [-0.15, -0.1) is 5.10 Å². The number of nitrogens with zero attached hydrogens (tertiary/aromatic N) is 3. The number of hydrogen-bond acceptors (Lipinski definition) is 8. The molecule has 1 heterocycles. The van der Waals surface area contributed by atoms with Crippen molar-refractivity contribution in [3.8, 4) is 17.2 Å². The SMILES string of the molecule is COc1ccc(COc2ccc(N)c(C(=O)c3c(C(=O)O)nnn3Cc3ccc(OC)cc3)c2)cc1. The van der Waals surface area contributed by atoms with Gasteiger partial charge in [-0.2, -0.15) is 0 Å². The van der Waals surface area contributed by atoms with Crippen molar-refractivity contribution < 1.29 is 28.9 Å². The molecule has 10 nitrogen and oxygen atoms in total. The molecule has 10 heteroatoms. The summed E-state index contributed by atoms with van der Waals surface area (Å²) in [6.45, 7) is 0.373. The quantitative estimate of drug-likeness (QED) is 0.254. The summed E-state index contributed by atoms with van der Waals surface area (Å²) in [6, 6.07) is 19.1. The average Bonchev–Trinajstić information content (AvgIpc) is 3.32. The zero-order chi connectivity index (χ0) is 25.7. The number of carbonyl (C=O) groups is 2. The van der Waals surface area contributed by atoms with Crippen LogP contribution < -0.4 is 19.9 Å². The van der Waals surface area contributed by atoms with Gasteiger partial charge in [0, 0.05) is 5.69 Å². The van der Waals surface area contributed by atoms with E-state index in [-0.39, 0.29) is 30.1 Å². The number of rotatable bonds is 10. The smallest absolute Gasteiger partial charge is 0.358 e. The van der Waals surface area contributed by atoms with Crippen molar-refractivity contribution in [2.45, 2.75) is 13.2 Å². The van der Waals surface area contributed by atoms with Crippen molar-refractivity contribution in [1.82, 2.24) is 15.0 Å². The molecule has 0 saturated carbocycles. The zero-order valence-corrected chi connectivity index (χ0v) is 19.7. The van der Waals surface area contributed by atoms with Gasteiger partial charge in [0.05, 0.1) is 26.3 Å². The maximum atomic E-state index is 13.5. The Labute approximate surface area is 206 Å². The lowest BCUT2D eigenvalue weighted by atomic mass is 10.0. The summed E-state index contributed by atoms with van der Waals surface area (Å²) in [5.74, 6) is -0.204. The largest absolute Gasteiger partial charge is 0.497 e. The molecule has 0 saturated heterocycles. The third kappa shape index (κ3) is 5.27. The Morgan fingerprint density at radius 1 is 0.889 bits per heavy atom. The molecule has 0 fully saturated rings. The number of methoxy groups -OCH3 is 2. The Morgan fingerprint density at radius 3 is 2.06 bits per heavy atom. The Hall–Kier alpha value is -4.86. The van der Waals surface area contributed by atoms with E-state index in [1.807, 2.05) is 24.3 Å². The Kier molecular flexibility index (Phi) is 7.15. The van der Waals surface area contributed by atoms with E-state index in [9.17, 15) is 14.7 Å². The highest BCUT2D eigenvalue weighted by Crippen LogP contribution is 2.25. The van der Waals surface area contributed by atoms with Crippen molar-refractivity contribution >= 4 is 17.4 Å². The first-order valence-corrected chi connectivity index (χ1v) is 10.9. The van der Waals surface area contributed by atoms with Crippen LogP contribution in [0.3, 0.4) is 0 Å². The molecule has 0 aliphatic heterocycles. The number of carbonyl (C=O) groups excluding carboxylic acids is 1.